The SMILES string of the molecule is CC(C)C(=O)C1=CCC(=O)N1.CC(C)C(=O)c1cc[nH]c1.CC(C)C(=O)c1ccc[nH]1.CC(C)c1c[nH]c(=O)[nH]1.CC(C)c1cn[nH]c1.CC(C)c1cnc[nH]1.CCC1(C(C)C)COC1. The summed E-state index contributed by atoms with van der Waals surface area (Å²) >= 11 is 0. The van der Waals surface area contributed by atoms with E-state index in [4.69, 9.17) is 4.74 Å². The zero-order valence-electron chi connectivity index (χ0n) is 41.6. The van der Waals surface area contributed by atoms with Gasteiger partial charge in [0.25, 0.3) is 0 Å². The molecule has 0 radical (unpaired) electrons. The van der Waals surface area contributed by atoms with Crippen molar-refractivity contribution >= 4 is 23.3 Å². The van der Waals surface area contributed by atoms with Gasteiger partial charge < -0.3 is 35.0 Å². The average molecular weight is 902 g/mol. The molecule has 7 N–H and O–H groups in total. The molecule has 5 aromatic heterocycles. The van der Waals surface area contributed by atoms with Crippen molar-refractivity contribution in [3.8, 4) is 0 Å². The third-order valence-corrected chi connectivity index (χ3v) is 10.6. The molecule has 1 fully saturated rings. The summed E-state index contributed by atoms with van der Waals surface area (Å²) in [5.41, 5.74) is 5.78. The summed E-state index contributed by atoms with van der Waals surface area (Å²) in [5.74, 6) is 2.76. The lowest BCUT2D eigenvalue weighted by Crippen LogP contribution is -2.46. The van der Waals surface area contributed by atoms with Crippen LogP contribution in [-0.2, 0) is 14.3 Å². The number of hydrogen-bond donors (Lipinski definition) is 7. The molecule has 7 rings (SSSR count). The lowest BCUT2D eigenvalue weighted by Gasteiger charge is -2.44. The third kappa shape index (κ3) is 21.1. The fourth-order valence-corrected chi connectivity index (χ4v) is 5.65. The largest absolute Gasteiger partial charge is 0.380 e. The molecule has 360 valence electrons. The number of ether oxygens (including phenoxy) is 1. The van der Waals surface area contributed by atoms with Gasteiger partial charge in [0, 0.05) is 83.7 Å². The van der Waals surface area contributed by atoms with Gasteiger partial charge in [-0.2, -0.15) is 5.10 Å². The minimum Gasteiger partial charge on any atom is -0.380 e. The third-order valence-electron chi connectivity index (χ3n) is 10.6. The van der Waals surface area contributed by atoms with Crippen molar-refractivity contribution in [2.24, 2.45) is 29.1 Å². The van der Waals surface area contributed by atoms with Crippen LogP contribution in [-0.4, -0.2) is 76.6 Å². The van der Waals surface area contributed by atoms with E-state index in [1.54, 1.807) is 49.3 Å². The second kappa shape index (κ2) is 29.6. The number of ketones is 3. The molecule has 0 spiro atoms. The number of aromatic amines is 6. The maximum absolute atomic E-state index is 11.2. The lowest BCUT2D eigenvalue weighted by molar-refractivity contribution is -0.140. The summed E-state index contributed by atoms with van der Waals surface area (Å²) in [7, 11) is 0. The van der Waals surface area contributed by atoms with E-state index in [0.717, 1.165) is 30.4 Å². The highest BCUT2D eigenvalue weighted by molar-refractivity contribution is 6.03. The first-order valence-electron chi connectivity index (χ1n) is 22.8. The molecule has 15 heteroatoms. The van der Waals surface area contributed by atoms with Gasteiger partial charge in [-0.15, -0.1) is 0 Å². The zero-order valence-corrected chi connectivity index (χ0v) is 41.6. The van der Waals surface area contributed by atoms with E-state index >= 15 is 0 Å². The predicted molar refractivity (Wildman–Crippen MR) is 260 cm³/mol. The molecule has 0 atom stereocenters. The van der Waals surface area contributed by atoms with E-state index in [0.29, 0.717) is 41.0 Å². The Balaban J connectivity index is 0.000000380. The first-order chi connectivity index (χ1) is 30.6. The number of imidazole rings is 2. The highest BCUT2D eigenvalue weighted by Gasteiger charge is 2.39. The number of rotatable bonds is 11. The van der Waals surface area contributed by atoms with E-state index < -0.39 is 0 Å². The molecule has 0 unspecified atom stereocenters. The summed E-state index contributed by atoms with van der Waals surface area (Å²) < 4.78 is 5.19. The van der Waals surface area contributed by atoms with Gasteiger partial charge >= 0.3 is 5.69 Å². The number of Topliss-reactive ketones (excluding diaryl/α,β-unsaturated/α-hetero) is 3. The smallest absolute Gasteiger partial charge is 0.323 e. The first-order valence-corrected chi connectivity index (χ1v) is 22.8. The van der Waals surface area contributed by atoms with Crippen molar-refractivity contribution in [1.82, 2.24) is 45.4 Å². The molecule has 2 aliphatic rings. The summed E-state index contributed by atoms with van der Waals surface area (Å²) in [6.45, 7) is 32.6. The summed E-state index contributed by atoms with van der Waals surface area (Å²) in [6.07, 6.45) is 17.5. The van der Waals surface area contributed by atoms with E-state index in [2.05, 4.69) is 93.9 Å². The van der Waals surface area contributed by atoms with Gasteiger partial charge in [0.2, 0.25) is 5.91 Å². The summed E-state index contributed by atoms with van der Waals surface area (Å²) in [6, 6.07) is 5.42. The average Bonchev–Trinajstić information content (AvgIpc) is 4.08. The fraction of sp³-hybridized carbons (Fsp3) is 0.540. The Morgan fingerprint density at radius 2 is 1.34 bits per heavy atom. The number of carbonyl (C=O) groups is 4. The highest BCUT2D eigenvalue weighted by atomic mass is 16.5. The maximum atomic E-state index is 11.2. The van der Waals surface area contributed by atoms with Gasteiger partial charge in [-0.1, -0.05) is 104 Å². The van der Waals surface area contributed by atoms with Crippen LogP contribution in [0.1, 0.15) is 172 Å². The van der Waals surface area contributed by atoms with E-state index in [1.165, 1.54) is 17.7 Å². The monoisotopic (exact) mass is 902 g/mol. The standard InChI is InChI=1S/C8H11NO2.2C8H11NO.C8H16O.C6H10N2O.2C6H10N2/c1-5(2)8(11)6-3-4-7(10)9-6;1-6(2)8(10)7-3-4-9-5-7;1-6(2)8(10)7-4-3-5-9-7;1-4-8(7(2)3)5-9-6-8;1-4(2)5-3-7-6(9)8-5;1-5(2)6-3-7-4-8-6;1-5(2)6-3-7-8-4-6/h3,5H,4H2,1-2H3,(H,9,10);2*3-6,9H,1-2H3;7H,4-6H2,1-3H3;3-4H,1-2H3,(H2,7,8,9);2*3-5H,1-2H3,(H,7,8). The topological polar surface area (TPSA) is 227 Å². The number of allylic oxidation sites excluding steroid dienone is 1. The van der Waals surface area contributed by atoms with Crippen LogP contribution in [0.4, 0.5) is 0 Å². The Morgan fingerprint density at radius 3 is 1.62 bits per heavy atom. The van der Waals surface area contributed by atoms with Crippen LogP contribution in [0.2, 0.25) is 0 Å². The number of H-pyrrole nitrogens is 6. The zero-order chi connectivity index (χ0) is 49.3. The molecule has 15 nitrogen and oxygen atoms in total. The molecule has 0 aromatic carbocycles. The Hall–Kier alpha value is -5.83. The predicted octanol–water partition coefficient (Wildman–Crippen LogP) is 10.3. The van der Waals surface area contributed by atoms with Gasteiger partial charge in [-0.05, 0) is 59.9 Å². The van der Waals surface area contributed by atoms with Crippen LogP contribution < -0.4 is 11.0 Å². The van der Waals surface area contributed by atoms with Crippen LogP contribution in [0.25, 0.3) is 0 Å². The molecular weight excluding hydrogens is 823 g/mol. The van der Waals surface area contributed by atoms with E-state index in [9.17, 15) is 24.0 Å². The van der Waals surface area contributed by atoms with E-state index in [1.807, 2.05) is 80.0 Å². The van der Waals surface area contributed by atoms with Crippen LogP contribution in [0.3, 0.4) is 0 Å². The van der Waals surface area contributed by atoms with Crippen molar-refractivity contribution in [2.75, 3.05) is 13.2 Å². The second-order valence-corrected chi connectivity index (χ2v) is 18.2. The molecule has 2 aliphatic heterocycles. The van der Waals surface area contributed by atoms with E-state index in [-0.39, 0.29) is 46.7 Å². The molecule has 7 heterocycles. The van der Waals surface area contributed by atoms with Crippen LogP contribution in [0, 0.1) is 29.1 Å². The molecular formula is C50H79N9O6. The van der Waals surface area contributed by atoms with Gasteiger partial charge in [0.05, 0.1) is 37.1 Å². The van der Waals surface area contributed by atoms with Crippen LogP contribution in [0.15, 0.2) is 84.5 Å². The number of aromatic nitrogens is 8. The van der Waals surface area contributed by atoms with Crippen LogP contribution in [0.5, 0.6) is 0 Å². The molecule has 65 heavy (non-hydrogen) atoms. The number of nitrogens with zero attached hydrogens (tertiary/aromatic N) is 2. The van der Waals surface area contributed by atoms with Gasteiger partial charge in [-0.3, -0.25) is 24.3 Å². The minimum atomic E-state index is -0.126. The van der Waals surface area contributed by atoms with Crippen molar-refractivity contribution in [3.63, 3.8) is 0 Å². The van der Waals surface area contributed by atoms with Gasteiger partial charge in [0.1, 0.15) is 0 Å². The Bertz CT molecular complexity index is 2020. The Kier molecular flexibility index (Phi) is 26.0. The summed E-state index contributed by atoms with van der Waals surface area (Å²) in [4.78, 5) is 72.5. The van der Waals surface area contributed by atoms with Crippen molar-refractivity contribution < 1.29 is 23.9 Å². The Morgan fingerprint density at radius 1 is 0.708 bits per heavy atom. The quantitative estimate of drug-likeness (QED) is 0.0630. The Labute approximate surface area is 386 Å². The lowest BCUT2D eigenvalue weighted by atomic mass is 9.73. The van der Waals surface area contributed by atoms with Crippen LogP contribution >= 0.6 is 0 Å². The summed E-state index contributed by atoms with van der Waals surface area (Å²) in [5, 5.41) is 9.09. The van der Waals surface area contributed by atoms with Crippen molar-refractivity contribution in [3.05, 3.63) is 118 Å². The minimum absolute atomic E-state index is 0.0100. The van der Waals surface area contributed by atoms with Crippen molar-refractivity contribution in [2.45, 2.75) is 134 Å². The molecule has 5 aromatic rings. The maximum Gasteiger partial charge on any atom is 0.323 e. The number of amides is 1. The number of nitrogens with one attached hydrogen (secondary N) is 7. The van der Waals surface area contributed by atoms with Gasteiger partial charge in [0.15, 0.2) is 17.3 Å². The first kappa shape index (κ1) is 57.2. The van der Waals surface area contributed by atoms with Gasteiger partial charge in [-0.25, -0.2) is 9.78 Å². The molecule has 1 saturated heterocycles. The second-order valence-electron chi connectivity index (χ2n) is 18.2. The highest BCUT2D eigenvalue weighted by Crippen LogP contribution is 2.38. The molecule has 0 aliphatic carbocycles. The molecule has 1 amide bonds. The number of hydrogen-bond acceptors (Lipinski definition) is 8. The molecule has 0 saturated carbocycles. The fourth-order valence-electron chi connectivity index (χ4n) is 5.65. The molecule has 0 bridgehead atoms. The number of carbonyl (C=O) groups excluding carboxylic acids is 4. The normalized spacial score (nSPS) is 13.3. The van der Waals surface area contributed by atoms with Crippen molar-refractivity contribution in [1.29, 1.82) is 0 Å².